The molecule has 0 aliphatic heterocycles. The first-order valence-corrected chi connectivity index (χ1v) is 7.78. The number of rotatable bonds is 9. The van der Waals surface area contributed by atoms with Crippen LogP contribution in [0.5, 0.6) is 0 Å². The van der Waals surface area contributed by atoms with Crippen LogP contribution in [-0.4, -0.2) is 23.1 Å². The van der Waals surface area contributed by atoms with Crippen molar-refractivity contribution in [2.75, 3.05) is 12.3 Å². The smallest absolute Gasteiger partial charge is 0.103 e. The predicted octanol–water partition coefficient (Wildman–Crippen LogP) is 3.83. The van der Waals surface area contributed by atoms with Gasteiger partial charge in [-0.05, 0) is 44.4 Å². The molecule has 17 heavy (non-hydrogen) atoms. The molecule has 0 fully saturated rings. The maximum absolute atomic E-state index is 9.19. The molecule has 2 nitrogen and oxygen atoms in total. The van der Waals surface area contributed by atoms with Gasteiger partial charge in [0.15, 0.2) is 0 Å². The van der Waals surface area contributed by atoms with Crippen molar-refractivity contribution in [2.45, 2.75) is 64.7 Å². The molecule has 0 aromatic rings. The Bertz CT molecular complexity index is 235. The molecule has 0 rings (SSSR count). The Labute approximate surface area is 112 Å². The van der Waals surface area contributed by atoms with E-state index in [1.165, 1.54) is 0 Å². The van der Waals surface area contributed by atoms with E-state index in [9.17, 15) is 5.26 Å². The number of nitrogens with zero attached hydrogens (tertiary/aromatic N) is 1. The van der Waals surface area contributed by atoms with Gasteiger partial charge in [0.05, 0.1) is 6.07 Å². The van der Waals surface area contributed by atoms with Crippen molar-refractivity contribution < 1.29 is 0 Å². The third-order valence-corrected chi connectivity index (χ3v) is 4.75. The molecular formula is C14H28N2S. The van der Waals surface area contributed by atoms with Crippen molar-refractivity contribution in [1.29, 1.82) is 5.26 Å². The number of thioether (sulfide) groups is 1. The zero-order chi connectivity index (χ0) is 13.3. The second-order valence-electron chi connectivity index (χ2n) is 5.29. The van der Waals surface area contributed by atoms with E-state index in [1.807, 2.05) is 18.7 Å². The summed E-state index contributed by atoms with van der Waals surface area (Å²) in [4.78, 5) is 0. The SMILES string of the molecule is CCCNC(C)(C#N)CCCSC(C)C(C)C. The van der Waals surface area contributed by atoms with Gasteiger partial charge < -0.3 is 0 Å². The monoisotopic (exact) mass is 256 g/mol. The van der Waals surface area contributed by atoms with Gasteiger partial charge in [-0.25, -0.2) is 0 Å². The van der Waals surface area contributed by atoms with Gasteiger partial charge in [0.2, 0.25) is 0 Å². The van der Waals surface area contributed by atoms with Gasteiger partial charge in [0.1, 0.15) is 5.54 Å². The fourth-order valence-electron chi connectivity index (χ4n) is 1.47. The summed E-state index contributed by atoms with van der Waals surface area (Å²) in [5.41, 5.74) is -0.336. The minimum atomic E-state index is -0.336. The second-order valence-corrected chi connectivity index (χ2v) is 6.78. The van der Waals surface area contributed by atoms with Gasteiger partial charge >= 0.3 is 0 Å². The lowest BCUT2D eigenvalue weighted by Gasteiger charge is -2.23. The summed E-state index contributed by atoms with van der Waals surface area (Å²) in [6.07, 6.45) is 3.14. The van der Waals surface area contributed by atoms with Crippen LogP contribution in [0.15, 0.2) is 0 Å². The second kappa shape index (κ2) is 8.83. The van der Waals surface area contributed by atoms with Crippen molar-refractivity contribution in [2.24, 2.45) is 5.92 Å². The molecule has 2 atom stereocenters. The van der Waals surface area contributed by atoms with Crippen LogP contribution in [0, 0.1) is 17.2 Å². The van der Waals surface area contributed by atoms with Gasteiger partial charge in [-0.15, -0.1) is 0 Å². The Balaban J connectivity index is 3.81. The average molecular weight is 256 g/mol. The van der Waals surface area contributed by atoms with E-state index in [0.717, 1.165) is 37.5 Å². The van der Waals surface area contributed by atoms with Crippen LogP contribution in [0.2, 0.25) is 0 Å². The number of hydrogen-bond acceptors (Lipinski definition) is 3. The summed E-state index contributed by atoms with van der Waals surface area (Å²) in [6, 6.07) is 2.40. The zero-order valence-electron chi connectivity index (χ0n) is 12.0. The average Bonchev–Trinajstić information content (AvgIpc) is 2.31. The number of hydrogen-bond donors (Lipinski definition) is 1. The summed E-state index contributed by atoms with van der Waals surface area (Å²) in [6.45, 7) is 11.9. The highest BCUT2D eigenvalue weighted by atomic mass is 32.2. The van der Waals surface area contributed by atoms with E-state index in [0.29, 0.717) is 5.25 Å². The normalized spacial score (nSPS) is 16.5. The maximum Gasteiger partial charge on any atom is 0.103 e. The fourth-order valence-corrected chi connectivity index (χ4v) is 2.54. The molecule has 0 radical (unpaired) electrons. The van der Waals surface area contributed by atoms with Gasteiger partial charge in [0.25, 0.3) is 0 Å². The summed E-state index contributed by atoms with van der Waals surface area (Å²) in [5.74, 6) is 1.89. The summed E-state index contributed by atoms with van der Waals surface area (Å²) < 4.78 is 0. The minimum absolute atomic E-state index is 0.336. The highest BCUT2D eigenvalue weighted by Gasteiger charge is 2.21. The molecule has 3 heteroatoms. The summed E-state index contributed by atoms with van der Waals surface area (Å²) >= 11 is 2.02. The molecule has 0 amide bonds. The molecule has 0 spiro atoms. The van der Waals surface area contributed by atoms with E-state index in [2.05, 4.69) is 39.1 Å². The molecule has 1 N–H and O–H groups in total. The highest BCUT2D eigenvalue weighted by Crippen LogP contribution is 2.21. The van der Waals surface area contributed by atoms with E-state index >= 15 is 0 Å². The first-order valence-electron chi connectivity index (χ1n) is 6.73. The van der Waals surface area contributed by atoms with Crippen molar-refractivity contribution in [3.63, 3.8) is 0 Å². The molecule has 0 saturated carbocycles. The van der Waals surface area contributed by atoms with E-state index < -0.39 is 0 Å². The zero-order valence-corrected chi connectivity index (χ0v) is 12.9. The van der Waals surface area contributed by atoms with Crippen molar-refractivity contribution in [1.82, 2.24) is 5.32 Å². The Kier molecular flexibility index (Phi) is 8.72. The van der Waals surface area contributed by atoms with Crippen LogP contribution in [0.3, 0.4) is 0 Å². The largest absolute Gasteiger partial charge is 0.300 e. The number of nitriles is 1. The van der Waals surface area contributed by atoms with E-state index in [4.69, 9.17) is 0 Å². The molecule has 0 heterocycles. The Morgan fingerprint density at radius 1 is 1.35 bits per heavy atom. The van der Waals surface area contributed by atoms with E-state index in [1.54, 1.807) is 0 Å². The molecule has 0 saturated heterocycles. The van der Waals surface area contributed by atoms with Crippen LogP contribution in [0.25, 0.3) is 0 Å². The first kappa shape index (κ1) is 16.8. The first-order chi connectivity index (χ1) is 7.95. The van der Waals surface area contributed by atoms with Crippen LogP contribution in [0.1, 0.15) is 53.9 Å². The lowest BCUT2D eigenvalue weighted by Crippen LogP contribution is -2.41. The van der Waals surface area contributed by atoms with E-state index in [-0.39, 0.29) is 5.54 Å². The molecule has 0 aromatic carbocycles. The van der Waals surface area contributed by atoms with Crippen LogP contribution in [0.4, 0.5) is 0 Å². The lowest BCUT2D eigenvalue weighted by atomic mass is 9.98. The third kappa shape index (κ3) is 7.68. The number of nitrogens with one attached hydrogen (secondary N) is 1. The minimum Gasteiger partial charge on any atom is -0.300 e. The van der Waals surface area contributed by atoms with Crippen molar-refractivity contribution in [3.05, 3.63) is 0 Å². The maximum atomic E-state index is 9.19. The molecule has 0 aliphatic carbocycles. The highest BCUT2D eigenvalue weighted by molar-refractivity contribution is 7.99. The van der Waals surface area contributed by atoms with Gasteiger partial charge in [-0.3, -0.25) is 5.32 Å². The topological polar surface area (TPSA) is 35.8 Å². The molecular weight excluding hydrogens is 228 g/mol. The molecule has 0 bridgehead atoms. The third-order valence-electron chi connectivity index (χ3n) is 3.15. The Hall–Kier alpha value is -0.200. The standard InChI is InChI=1S/C14H28N2S/c1-6-9-16-14(5,11-15)8-7-10-17-13(4)12(2)3/h12-13,16H,6-10H2,1-5H3. The van der Waals surface area contributed by atoms with Gasteiger partial charge in [0, 0.05) is 5.25 Å². The Morgan fingerprint density at radius 2 is 2.00 bits per heavy atom. The lowest BCUT2D eigenvalue weighted by molar-refractivity contribution is 0.415. The van der Waals surface area contributed by atoms with Crippen LogP contribution in [-0.2, 0) is 0 Å². The molecule has 100 valence electrons. The molecule has 2 unspecified atom stereocenters. The quantitative estimate of drug-likeness (QED) is 0.637. The summed E-state index contributed by atoms with van der Waals surface area (Å²) in [7, 11) is 0. The molecule has 0 aliphatic rings. The predicted molar refractivity (Wildman–Crippen MR) is 78.3 cm³/mol. The van der Waals surface area contributed by atoms with Gasteiger partial charge in [-0.1, -0.05) is 27.7 Å². The van der Waals surface area contributed by atoms with Crippen molar-refractivity contribution >= 4 is 11.8 Å². The Morgan fingerprint density at radius 3 is 2.47 bits per heavy atom. The summed E-state index contributed by atoms with van der Waals surface area (Å²) in [5, 5.41) is 13.2. The van der Waals surface area contributed by atoms with Gasteiger partial charge in [-0.2, -0.15) is 17.0 Å². The fraction of sp³-hybridized carbons (Fsp3) is 0.929. The molecule has 0 aromatic heterocycles. The van der Waals surface area contributed by atoms with Crippen LogP contribution >= 0.6 is 11.8 Å². The van der Waals surface area contributed by atoms with Crippen LogP contribution < -0.4 is 5.32 Å². The van der Waals surface area contributed by atoms with Crippen molar-refractivity contribution in [3.8, 4) is 6.07 Å².